The number of benzene rings is 1. The molecule has 1 aromatic carbocycles. The smallest absolute Gasteiger partial charge is 0.432 e. The number of nitrogens with zero attached hydrogens (tertiary/aromatic N) is 1. The quantitative estimate of drug-likeness (QED) is 0.895. The number of H-pyrrole nitrogens is 1. The molecule has 3 rings (SSSR count). The third-order valence-corrected chi connectivity index (χ3v) is 4.53. The molecule has 1 aliphatic heterocycles. The Bertz CT molecular complexity index is 657. The van der Waals surface area contributed by atoms with Gasteiger partial charge in [-0.15, -0.1) is 5.10 Å². The first kappa shape index (κ1) is 16.8. The molecule has 130 valence electrons. The van der Waals surface area contributed by atoms with Gasteiger partial charge in [0.1, 0.15) is 11.8 Å². The summed E-state index contributed by atoms with van der Waals surface area (Å²) in [6, 6.07) is 11.1. The molecule has 0 aliphatic carbocycles. The van der Waals surface area contributed by atoms with E-state index in [1.54, 1.807) is 0 Å². The largest absolute Gasteiger partial charge is 0.473 e. The molecule has 1 aromatic heterocycles. The maximum atomic E-state index is 12.6. The molecule has 2 N–H and O–H groups in total. The topological polar surface area (TPSA) is 49.9 Å². The highest BCUT2D eigenvalue weighted by Gasteiger charge is 2.35. The Hall–Kier alpha value is -2.02. The molecular weight excluding hydrogens is 319 g/mol. The molecule has 2 aromatic rings. The molecule has 0 amide bonds. The molecule has 0 spiro atoms. The predicted molar refractivity (Wildman–Crippen MR) is 83.8 cm³/mol. The van der Waals surface area contributed by atoms with E-state index in [1.165, 1.54) is 5.56 Å². The van der Waals surface area contributed by atoms with Crippen LogP contribution in [0.15, 0.2) is 36.4 Å². The SMILES string of the molecule is CC(Oc1cc(C(F)(F)F)[nH]n1)[C@@H]1CNCC[C@H]1c1ccccc1. The van der Waals surface area contributed by atoms with Crippen molar-refractivity contribution in [3.05, 3.63) is 47.7 Å². The standard InChI is InChI=1S/C17H20F3N3O/c1-11(24-16-9-15(22-23-16)17(18,19)20)14-10-21-8-7-13(14)12-5-3-2-4-6-12/h2-6,9,11,13-14,21H,7-8,10H2,1H3,(H,22,23)/t11?,13-,14-/m0/s1. The van der Waals surface area contributed by atoms with Gasteiger partial charge < -0.3 is 10.1 Å². The minimum Gasteiger partial charge on any atom is -0.473 e. The van der Waals surface area contributed by atoms with Crippen molar-refractivity contribution in [3.63, 3.8) is 0 Å². The number of alkyl halides is 3. The normalized spacial score (nSPS) is 23.0. The number of rotatable bonds is 4. The van der Waals surface area contributed by atoms with Crippen molar-refractivity contribution in [3.8, 4) is 5.88 Å². The average molecular weight is 339 g/mol. The van der Waals surface area contributed by atoms with Gasteiger partial charge in [-0.25, -0.2) is 0 Å². The highest BCUT2D eigenvalue weighted by Crippen LogP contribution is 2.34. The van der Waals surface area contributed by atoms with Crippen LogP contribution in [0.2, 0.25) is 0 Å². The van der Waals surface area contributed by atoms with Crippen molar-refractivity contribution in [1.29, 1.82) is 0 Å². The van der Waals surface area contributed by atoms with E-state index in [2.05, 4.69) is 22.5 Å². The second-order valence-electron chi connectivity index (χ2n) is 6.11. The van der Waals surface area contributed by atoms with Crippen molar-refractivity contribution in [2.75, 3.05) is 13.1 Å². The van der Waals surface area contributed by atoms with Crippen LogP contribution in [-0.2, 0) is 6.18 Å². The first-order chi connectivity index (χ1) is 11.4. The second-order valence-corrected chi connectivity index (χ2v) is 6.11. The Balaban J connectivity index is 1.72. The minimum atomic E-state index is -4.45. The van der Waals surface area contributed by atoms with Crippen LogP contribution in [0.25, 0.3) is 0 Å². The number of aromatic nitrogens is 2. The molecule has 24 heavy (non-hydrogen) atoms. The van der Waals surface area contributed by atoms with E-state index >= 15 is 0 Å². The lowest BCUT2D eigenvalue weighted by Gasteiger charge is -2.36. The summed E-state index contributed by atoms with van der Waals surface area (Å²) < 4.78 is 43.6. The lowest BCUT2D eigenvalue weighted by Crippen LogP contribution is -2.42. The number of nitrogens with one attached hydrogen (secondary N) is 2. The van der Waals surface area contributed by atoms with Crippen LogP contribution in [0.4, 0.5) is 13.2 Å². The van der Waals surface area contributed by atoms with Gasteiger partial charge in [0.2, 0.25) is 5.88 Å². The van der Waals surface area contributed by atoms with Crippen LogP contribution >= 0.6 is 0 Å². The van der Waals surface area contributed by atoms with Crippen LogP contribution in [0.1, 0.15) is 30.5 Å². The third kappa shape index (κ3) is 3.72. The first-order valence-corrected chi connectivity index (χ1v) is 8.00. The van der Waals surface area contributed by atoms with E-state index in [-0.39, 0.29) is 17.9 Å². The van der Waals surface area contributed by atoms with E-state index in [0.717, 1.165) is 25.6 Å². The molecule has 1 unspecified atom stereocenters. The van der Waals surface area contributed by atoms with E-state index in [1.807, 2.05) is 30.2 Å². The van der Waals surface area contributed by atoms with Gasteiger partial charge in [-0.1, -0.05) is 30.3 Å². The number of aromatic amines is 1. The summed E-state index contributed by atoms with van der Waals surface area (Å²) in [6.45, 7) is 3.57. The van der Waals surface area contributed by atoms with Crippen LogP contribution in [0.3, 0.4) is 0 Å². The first-order valence-electron chi connectivity index (χ1n) is 8.00. The monoisotopic (exact) mass is 339 g/mol. The number of halogens is 3. The van der Waals surface area contributed by atoms with Gasteiger partial charge in [-0.2, -0.15) is 13.2 Å². The second kappa shape index (κ2) is 6.84. The van der Waals surface area contributed by atoms with Crippen molar-refractivity contribution in [2.24, 2.45) is 5.92 Å². The zero-order chi connectivity index (χ0) is 17.2. The van der Waals surface area contributed by atoms with Gasteiger partial charge in [-0.05, 0) is 31.4 Å². The van der Waals surface area contributed by atoms with Gasteiger partial charge in [0, 0.05) is 18.5 Å². The molecule has 4 nitrogen and oxygen atoms in total. The molecular formula is C17H20F3N3O. The lowest BCUT2D eigenvalue weighted by atomic mass is 9.78. The summed E-state index contributed by atoms with van der Waals surface area (Å²) in [6.07, 6.45) is -3.74. The third-order valence-electron chi connectivity index (χ3n) is 4.53. The van der Waals surface area contributed by atoms with Gasteiger partial charge in [-0.3, -0.25) is 5.10 Å². The highest BCUT2D eigenvalue weighted by molar-refractivity contribution is 5.22. The fraction of sp³-hybridized carbons (Fsp3) is 0.471. The van der Waals surface area contributed by atoms with Crippen LogP contribution in [0.5, 0.6) is 5.88 Å². The van der Waals surface area contributed by atoms with Crippen molar-refractivity contribution in [1.82, 2.24) is 15.5 Å². The molecule has 0 radical (unpaired) electrons. The van der Waals surface area contributed by atoms with Gasteiger partial charge in [0.15, 0.2) is 0 Å². The van der Waals surface area contributed by atoms with E-state index in [0.29, 0.717) is 5.92 Å². The Morgan fingerprint density at radius 2 is 2.00 bits per heavy atom. The fourth-order valence-corrected chi connectivity index (χ4v) is 3.28. The van der Waals surface area contributed by atoms with Crippen molar-refractivity contribution in [2.45, 2.75) is 31.5 Å². The molecule has 1 aliphatic rings. The predicted octanol–water partition coefficient (Wildman–Crippen LogP) is 3.59. The fourth-order valence-electron chi connectivity index (χ4n) is 3.28. The molecule has 0 saturated carbocycles. The molecule has 0 bridgehead atoms. The van der Waals surface area contributed by atoms with Gasteiger partial charge in [0.05, 0.1) is 0 Å². The van der Waals surface area contributed by atoms with E-state index in [4.69, 9.17) is 4.74 Å². The Kier molecular flexibility index (Phi) is 4.80. The highest BCUT2D eigenvalue weighted by atomic mass is 19.4. The summed E-state index contributed by atoms with van der Waals surface area (Å²) in [4.78, 5) is 0. The summed E-state index contributed by atoms with van der Waals surface area (Å²) in [5.41, 5.74) is 0.337. The summed E-state index contributed by atoms with van der Waals surface area (Å²) in [7, 11) is 0. The Morgan fingerprint density at radius 3 is 2.67 bits per heavy atom. The van der Waals surface area contributed by atoms with Gasteiger partial charge >= 0.3 is 6.18 Å². The lowest BCUT2D eigenvalue weighted by molar-refractivity contribution is -0.141. The van der Waals surface area contributed by atoms with Gasteiger partial charge in [0.25, 0.3) is 0 Å². The zero-order valence-electron chi connectivity index (χ0n) is 13.3. The Labute approximate surface area is 138 Å². The summed E-state index contributed by atoms with van der Waals surface area (Å²) in [5, 5.41) is 8.95. The molecule has 2 heterocycles. The summed E-state index contributed by atoms with van der Waals surface area (Å²) in [5.74, 6) is 0.447. The Morgan fingerprint density at radius 1 is 1.25 bits per heavy atom. The van der Waals surface area contributed by atoms with E-state index < -0.39 is 11.9 Å². The number of hydrogen-bond donors (Lipinski definition) is 2. The van der Waals surface area contributed by atoms with Crippen LogP contribution in [-0.4, -0.2) is 29.4 Å². The van der Waals surface area contributed by atoms with Crippen LogP contribution < -0.4 is 10.1 Å². The maximum absolute atomic E-state index is 12.6. The number of hydrogen-bond acceptors (Lipinski definition) is 3. The number of ether oxygens (including phenoxy) is 1. The molecule has 3 atom stereocenters. The van der Waals surface area contributed by atoms with E-state index in [9.17, 15) is 13.2 Å². The molecule has 1 saturated heterocycles. The van der Waals surface area contributed by atoms with Crippen LogP contribution in [0, 0.1) is 5.92 Å². The zero-order valence-corrected chi connectivity index (χ0v) is 13.3. The number of piperidine rings is 1. The average Bonchev–Trinajstić information content (AvgIpc) is 3.04. The van der Waals surface area contributed by atoms with Crippen molar-refractivity contribution >= 4 is 0 Å². The molecule has 7 heteroatoms. The molecule has 1 fully saturated rings. The van der Waals surface area contributed by atoms with Crippen molar-refractivity contribution < 1.29 is 17.9 Å². The summed E-state index contributed by atoms with van der Waals surface area (Å²) >= 11 is 0. The maximum Gasteiger partial charge on any atom is 0.432 e. The minimum absolute atomic E-state index is 0.0211.